The molecule has 2 heteroatoms. The summed E-state index contributed by atoms with van der Waals surface area (Å²) in [6, 6.07) is 8.54. The molecule has 2 rings (SSSR count). The van der Waals surface area contributed by atoms with Gasteiger partial charge < -0.3 is 4.74 Å². The van der Waals surface area contributed by atoms with Gasteiger partial charge in [-0.25, -0.2) is 0 Å². The van der Waals surface area contributed by atoms with E-state index in [0.717, 1.165) is 17.7 Å². The van der Waals surface area contributed by atoms with Crippen LogP contribution in [0.3, 0.4) is 0 Å². The van der Waals surface area contributed by atoms with Crippen molar-refractivity contribution in [3.05, 3.63) is 29.3 Å². The number of hydrogen-bond acceptors (Lipinski definition) is 2. The Balaban J connectivity index is 2.33. The predicted octanol–water partition coefficient (Wildman–Crippen LogP) is 2.80. The fourth-order valence-corrected chi connectivity index (χ4v) is 2.11. The van der Waals surface area contributed by atoms with E-state index in [1.807, 2.05) is 13.0 Å². The monoisotopic (exact) mass is 201 g/mol. The minimum absolute atomic E-state index is 0.0752. The lowest BCUT2D eigenvalue weighted by Crippen LogP contribution is -2.04. The van der Waals surface area contributed by atoms with Crippen molar-refractivity contribution in [3.8, 4) is 11.8 Å². The van der Waals surface area contributed by atoms with Crippen molar-refractivity contribution in [1.29, 1.82) is 5.26 Å². The van der Waals surface area contributed by atoms with E-state index >= 15 is 0 Å². The summed E-state index contributed by atoms with van der Waals surface area (Å²) < 4.78 is 5.22. The van der Waals surface area contributed by atoms with Gasteiger partial charge in [-0.3, -0.25) is 0 Å². The zero-order valence-corrected chi connectivity index (χ0v) is 9.37. The highest BCUT2D eigenvalue weighted by atomic mass is 16.5. The highest BCUT2D eigenvalue weighted by Gasteiger charge is 2.51. The van der Waals surface area contributed by atoms with Crippen molar-refractivity contribution in [2.75, 3.05) is 7.11 Å². The van der Waals surface area contributed by atoms with Gasteiger partial charge in [0.05, 0.1) is 19.1 Å². The summed E-state index contributed by atoms with van der Waals surface area (Å²) in [6.45, 7) is 4.19. The van der Waals surface area contributed by atoms with E-state index in [4.69, 9.17) is 10.00 Å². The molecular formula is C13H15NO. The number of nitrogens with zero attached hydrogens (tertiary/aromatic N) is 1. The van der Waals surface area contributed by atoms with Gasteiger partial charge in [-0.05, 0) is 30.5 Å². The van der Waals surface area contributed by atoms with E-state index < -0.39 is 0 Å². The first kappa shape index (κ1) is 10.0. The van der Waals surface area contributed by atoms with Gasteiger partial charge in [0.2, 0.25) is 0 Å². The van der Waals surface area contributed by atoms with Crippen LogP contribution in [0, 0.1) is 24.2 Å². The molecule has 0 radical (unpaired) electrons. The third kappa shape index (κ3) is 1.48. The fraction of sp³-hybridized carbons (Fsp3) is 0.462. The van der Waals surface area contributed by atoms with E-state index in [1.165, 1.54) is 5.56 Å². The first-order chi connectivity index (χ1) is 7.11. The molecule has 0 aliphatic heterocycles. The van der Waals surface area contributed by atoms with Gasteiger partial charge in [0, 0.05) is 5.41 Å². The molecule has 0 amide bonds. The van der Waals surface area contributed by atoms with Crippen LogP contribution in [0.4, 0.5) is 0 Å². The zero-order chi connectivity index (χ0) is 11.1. The normalized spacial score (nSPS) is 28.3. The summed E-state index contributed by atoms with van der Waals surface area (Å²) in [5.74, 6) is 1.10. The van der Waals surface area contributed by atoms with Crippen molar-refractivity contribution in [2.45, 2.75) is 25.7 Å². The van der Waals surface area contributed by atoms with Gasteiger partial charge in [-0.15, -0.1) is 0 Å². The van der Waals surface area contributed by atoms with Crippen molar-refractivity contribution in [1.82, 2.24) is 0 Å². The third-order valence-electron chi connectivity index (χ3n) is 3.45. The van der Waals surface area contributed by atoms with Gasteiger partial charge >= 0.3 is 0 Å². The molecule has 2 atom stereocenters. The van der Waals surface area contributed by atoms with Crippen molar-refractivity contribution in [2.24, 2.45) is 5.92 Å². The second-order valence-electron chi connectivity index (χ2n) is 4.49. The van der Waals surface area contributed by atoms with Gasteiger partial charge in [0.15, 0.2) is 0 Å². The quantitative estimate of drug-likeness (QED) is 0.737. The standard InChI is InChI=1S/C13H15NO/c1-9-6-10(4-5-12(9)15-3)13(2)7-11(13)8-14/h4-6,11H,7H2,1-3H3. The molecule has 1 aromatic carbocycles. The molecule has 0 spiro atoms. The average Bonchev–Trinajstić information content (AvgIpc) is 2.91. The molecule has 1 fully saturated rings. The van der Waals surface area contributed by atoms with Crippen molar-refractivity contribution >= 4 is 0 Å². The lowest BCUT2D eigenvalue weighted by atomic mass is 9.94. The van der Waals surface area contributed by atoms with Crippen LogP contribution < -0.4 is 4.74 Å². The molecular weight excluding hydrogens is 186 g/mol. The lowest BCUT2D eigenvalue weighted by Gasteiger charge is -2.12. The lowest BCUT2D eigenvalue weighted by molar-refractivity contribution is 0.411. The Hall–Kier alpha value is -1.49. The number of methoxy groups -OCH3 is 1. The second-order valence-corrected chi connectivity index (χ2v) is 4.49. The van der Waals surface area contributed by atoms with E-state index in [2.05, 4.69) is 25.1 Å². The summed E-state index contributed by atoms with van der Waals surface area (Å²) in [5, 5.41) is 8.90. The Bertz CT molecular complexity index is 433. The molecule has 1 aliphatic carbocycles. The van der Waals surface area contributed by atoms with Gasteiger partial charge in [0.1, 0.15) is 5.75 Å². The number of rotatable bonds is 2. The summed E-state index contributed by atoms with van der Waals surface area (Å²) in [4.78, 5) is 0. The summed E-state index contributed by atoms with van der Waals surface area (Å²) in [7, 11) is 1.68. The van der Waals surface area contributed by atoms with Gasteiger partial charge in [-0.2, -0.15) is 5.26 Å². The molecule has 0 bridgehead atoms. The Labute approximate surface area is 90.5 Å². The number of benzene rings is 1. The fourth-order valence-electron chi connectivity index (χ4n) is 2.11. The van der Waals surface area contributed by atoms with Crippen LogP contribution in [-0.4, -0.2) is 7.11 Å². The second kappa shape index (κ2) is 3.27. The van der Waals surface area contributed by atoms with E-state index in [9.17, 15) is 0 Å². The molecule has 1 aliphatic rings. The topological polar surface area (TPSA) is 33.0 Å². The number of hydrogen-bond donors (Lipinski definition) is 0. The minimum Gasteiger partial charge on any atom is -0.496 e. The molecule has 78 valence electrons. The van der Waals surface area contributed by atoms with E-state index in [0.29, 0.717) is 0 Å². The van der Waals surface area contributed by atoms with Crippen molar-refractivity contribution < 1.29 is 4.74 Å². The van der Waals surface area contributed by atoms with Crippen LogP contribution in [0.5, 0.6) is 5.75 Å². The summed E-state index contributed by atoms with van der Waals surface area (Å²) in [6.07, 6.45) is 0.981. The predicted molar refractivity (Wildman–Crippen MR) is 58.8 cm³/mol. The first-order valence-corrected chi connectivity index (χ1v) is 5.16. The largest absolute Gasteiger partial charge is 0.496 e. The van der Waals surface area contributed by atoms with Gasteiger partial charge in [-0.1, -0.05) is 19.1 Å². The Kier molecular flexibility index (Phi) is 2.19. The van der Waals surface area contributed by atoms with Gasteiger partial charge in [0.25, 0.3) is 0 Å². The smallest absolute Gasteiger partial charge is 0.121 e. The highest BCUT2D eigenvalue weighted by molar-refractivity contribution is 5.43. The first-order valence-electron chi connectivity index (χ1n) is 5.16. The zero-order valence-electron chi connectivity index (χ0n) is 9.37. The number of nitriles is 1. The van der Waals surface area contributed by atoms with Crippen LogP contribution in [0.2, 0.25) is 0 Å². The third-order valence-corrected chi connectivity index (χ3v) is 3.45. The average molecular weight is 201 g/mol. The highest BCUT2D eigenvalue weighted by Crippen LogP contribution is 2.53. The Morgan fingerprint density at radius 1 is 1.53 bits per heavy atom. The van der Waals surface area contributed by atoms with Crippen LogP contribution in [0.1, 0.15) is 24.5 Å². The van der Waals surface area contributed by atoms with Crippen LogP contribution in [-0.2, 0) is 5.41 Å². The summed E-state index contributed by atoms with van der Waals surface area (Å²) >= 11 is 0. The molecule has 0 heterocycles. The molecule has 1 aromatic rings. The van der Waals surface area contributed by atoms with Crippen LogP contribution >= 0.6 is 0 Å². The Morgan fingerprint density at radius 3 is 2.73 bits per heavy atom. The number of ether oxygens (including phenoxy) is 1. The number of aryl methyl sites for hydroxylation is 1. The molecule has 2 unspecified atom stereocenters. The summed E-state index contributed by atoms with van der Waals surface area (Å²) in [5.41, 5.74) is 2.47. The molecule has 2 nitrogen and oxygen atoms in total. The van der Waals surface area contributed by atoms with Crippen LogP contribution in [0.15, 0.2) is 18.2 Å². The molecule has 0 saturated heterocycles. The molecule has 1 saturated carbocycles. The maximum Gasteiger partial charge on any atom is 0.121 e. The SMILES string of the molecule is COc1ccc(C2(C)CC2C#N)cc1C. The molecule has 0 N–H and O–H groups in total. The van der Waals surface area contributed by atoms with E-state index in [-0.39, 0.29) is 11.3 Å². The van der Waals surface area contributed by atoms with E-state index in [1.54, 1.807) is 7.11 Å². The van der Waals surface area contributed by atoms with Crippen molar-refractivity contribution in [3.63, 3.8) is 0 Å². The maximum atomic E-state index is 8.90. The minimum atomic E-state index is 0.0752. The van der Waals surface area contributed by atoms with Crippen LogP contribution in [0.25, 0.3) is 0 Å². The molecule has 0 aromatic heterocycles. The Morgan fingerprint density at radius 2 is 2.27 bits per heavy atom. The molecule has 15 heavy (non-hydrogen) atoms. The maximum absolute atomic E-state index is 8.90.